The van der Waals surface area contributed by atoms with Crippen LogP contribution in [0, 0.1) is 6.92 Å². The van der Waals surface area contributed by atoms with Gasteiger partial charge in [-0.2, -0.15) is 0 Å². The third-order valence-electron chi connectivity index (χ3n) is 5.11. The molecule has 1 aliphatic carbocycles. The van der Waals surface area contributed by atoms with Crippen LogP contribution in [0.15, 0.2) is 59.8 Å². The monoisotopic (exact) mass is 406 g/mol. The van der Waals surface area contributed by atoms with Gasteiger partial charge in [0.25, 0.3) is 0 Å². The Hall–Kier alpha value is -2.60. The Morgan fingerprint density at radius 2 is 1.83 bits per heavy atom. The number of hydrogen-bond acceptors (Lipinski definition) is 4. The van der Waals surface area contributed by atoms with Crippen molar-refractivity contribution in [3.05, 3.63) is 77.1 Å². The highest BCUT2D eigenvalue weighted by Gasteiger charge is 2.31. The van der Waals surface area contributed by atoms with Crippen LogP contribution in [0.1, 0.15) is 48.2 Å². The molecule has 0 spiro atoms. The summed E-state index contributed by atoms with van der Waals surface area (Å²) < 4.78 is 2.18. The Morgan fingerprint density at radius 1 is 1.10 bits per heavy atom. The molecule has 1 aromatic heterocycles. The topological polar surface area (TPSA) is 59.8 Å². The zero-order valence-electron chi connectivity index (χ0n) is 16.8. The maximum absolute atomic E-state index is 12.6. The number of hydrogen-bond donors (Lipinski definition) is 1. The highest BCUT2D eigenvalue weighted by Crippen LogP contribution is 2.40. The van der Waals surface area contributed by atoms with Crippen molar-refractivity contribution in [2.75, 3.05) is 0 Å². The fraction of sp³-hybridized carbons (Fsp3) is 0.348. The van der Waals surface area contributed by atoms with E-state index < -0.39 is 0 Å². The van der Waals surface area contributed by atoms with Crippen LogP contribution in [0.3, 0.4) is 0 Å². The van der Waals surface area contributed by atoms with E-state index in [9.17, 15) is 4.79 Å². The van der Waals surface area contributed by atoms with Gasteiger partial charge in [0, 0.05) is 12.5 Å². The lowest BCUT2D eigenvalue weighted by Gasteiger charge is -2.14. The minimum Gasteiger partial charge on any atom is -0.351 e. The molecule has 29 heavy (non-hydrogen) atoms. The molecule has 5 nitrogen and oxygen atoms in total. The van der Waals surface area contributed by atoms with Crippen molar-refractivity contribution in [3.63, 3.8) is 0 Å². The maximum atomic E-state index is 12.6. The van der Waals surface area contributed by atoms with Crippen molar-refractivity contribution < 1.29 is 4.79 Å². The van der Waals surface area contributed by atoms with E-state index in [1.165, 1.54) is 35.7 Å². The first-order valence-corrected chi connectivity index (χ1v) is 10.9. The van der Waals surface area contributed by atoms with Gasteiger partial charge in [-0.15, -0.1) is 10.2 Å². The molecule has 0 radical (unpaired) electrons. The SMILES string of the molecule is Cc1ccc(CNC(=O)[C@H](C)Sc2nnc(C3CC3)n2Cc2ccccc2)cc1. The first-order valence-electron chi connectivity index (χ1n) is 10.1. The van der Waals surface area contributed by atoms with E-state index in [4.69, 9.17) is 0 Å². The number of benzene rings is 2. The summed E-state index contributed by atoms with van der Waals surface area (Å²) in [5.41, 5.74) is 3.53. The van der Waals surface area contributed by atoms with Crippen LogP contribution < -0.4 is 5.32 Å². The molecule has 4 rings (SSSR count). The number of nitrogens with one attached hydrogen (secondary N) is 1. The van der Waals surface area contributed by atoms with Crippen LogP contribution in [0.25, 0.3) is 0 Å². The van der Waals surface area contributed by atoms with Gasteiger partial charge in [-0.05, 0) is 37.8 Å². The molecule has 3 aromatic rings. The van der Waals surface area contributed by atoms with Crippen LogP contribution in [-0.4, -0.2) is 25.9 Å². The largest absolute Gasteiger partial charge is 0.351 e. The highest BCUT2D eigenvalue weighted by atomic mass is 32.2. The molecule has 0 bridgehead atoms. The Labute approximate surface area is 175 Å². The summed E-state index contributed by atoms with van der Waals surface area (Å²) >= 11 is 1.48. The zero-order valence-corrected chi connectivity index (χ0v) is 17.7. The van der Waals surface area contributed by atoms with Gasteiger partial charge in [0.05, 0.1) is 11.8 Å². The van der Waals surface area contributed by atoms with Gasteiger partial charge in [0.2, 0.25) is 5.91 Å². The van der Waals surface area contributed by atoms with E-state index in [0.717, 1.165) is 23.1 Å². The van der Waals surface area contributed by atoms with Gasteiger partial charge in [-0.1, -0.05) is 71.9 Å². The molecule has 0 aliphatic heterocycles. The van der Waals surface area contributed by atoms with E-state index >= 15 is 0 Å². The van der Waals surface area contributed by atoms with E-state index in [-0.39, 0.29) is 11.2 Å². The zero-order chi connectivity index (χ0) is 20.2. The highest BCUT2D eigenvalue weighted by molar-refractivity contribution is 8.00. The van der Waals surface area contributed by atoms with Crippen LogP contribution in [0.4, 0.5) is 0 Å². The predicted molar refractivity (Wildman–Crippen MR) is 116 cm³/mol. The van der Waals surface area contributed by atoms with Gasteiger partial charge in [0.15, 0.2) is 5.16 Å². The van der Waals surface area contributed by atoms with E-state index in [1.807, 2.05) is 37.3 Å². The van der Waals surface area contributed by atoms with Crippen molar-refractivity contribution in [2.24, 2.45) is 0 Å². The van der Waals surface area contributed by atoms with Crippen molar-refractivity contribution in [1.29, 1.82) is 0 Å². The molecule has 1 fully saturated rings. The van der Waals surface area contributed by atoms with Crippen LogP contribution >= 0.6 is 11.8 Å². The smallest absolute Gasteiger partial charge is 0.233 e. The number of thioether (sulfide) groups is 1. The number of aryl methyl sites for hydroxylation is 1. The van der Waals surface area contributed by atoms with Crippen LogP contribution in [-0.2, 0) is 17.9 Å². The first kappa shape index (κ1) is 19.7. The molecule has 1 N–H and O–H groups in total. The second-order valence-corrected chi connectivity index (χ2v) is 8.96. The van der Waals surface area contributed by atoms with Crippen molar-refractivity contribution in [2.45, 2.75) is 56.1 Å². The molecule has 1 aliphatic rings. The Bertz CT molecular complexity index is 964. The second kappa shape index (κ2) is 8.82. The number of carbonyl (C=O) groups is 1. The van der Waals surface area contributed by atoms with Crippen molar-refractivity contribution in [1.82, 2.24) is 20.1 Å². The Morgan fingerprint density at radius 3 is 2.52 bits per heavy atom. The molecule has 1 heterocycles. The number of nitrogens with zero attached hydrogens (tertiary/aromatic N) is 3. The lowest BCUT2D eigenvalue weighted by atomic mass is 10.1. The predicted octanol–water partition coefficient (Wildman–Crippen LogP) is 4.31. The van der Waals surface area contributed by atoms with E-state index in [2.05, 4.69) is 51.3 Å². The average molecular weight is 407 g/mol. The van der Waals surface area contributed by atoms with Crippen molar-refractivity contribution in [3.8, 4) is 0 Å². The molecular weight excluding hydrogens is 380 g/mol. The summed E-state index contributed by atoms with van der Waals surface area (Å²) in [5, 5.41) is 12.5. The normalized spacial score (nSPS) is 14.6. The van der Waals surface area contributed by atoms with Gasteiger partial charge in [0.1, 0.15) is 5.82 Å². The van der Waals surface area contributed by atoms with Crippen LogP contribution in [0.5, 0.6) is 0 Å². The number of rotatable bonds is 8. The molecule has 150 valence electrons. The summed E-state index contributed by atoms with van der Waals surface area (Å²) in [5.74, 6) is 1.56. The maximum Gasteiger partial charge on any atom is 0.233 e. The minimum absolute atomic E-state index is 0.0119. The molecule has 1 atom stereocenters. The first-order chi connectivity index (χ1) is 14.1. The fourth-order valence-corrected chi connectivity index (χ4v) is 4.08. The second-order valence-electron chi connectivity index (χ2n) is 7.65. The number of aromatic nitrogens is 3. The molecule has 6 heteroatoms. The number of amides is 1. The van der Waals surface area contributed by atoms with E-state index in [0.29, 0.717) is 12.5 Å². The fourth-order valence-electron chi connectivity index (χ4n) is 3.20. The summed E-state index contributed by atoms with van der Waals surface area (Å²) in [6.45, 7) is 5.25. The summed E-state index contributed by atoms with van der Waals surface area (Å²) in [7, 11) is 0. The summed E-state index contributed by atoms with van der Waals surface area (Å²) in [6.07, 6.45) is 2.34. The van der Waals surface area contributed by atoms with Gasteiger partial charge in [-0.3, -0.25) is 4.79 Å². The third kappa shape index (κ3) is 5.07. The Balaban J connectivity index is 1.42. The average Bonchev–Trinajstić information content (AvgIpc) is 3.51. The lowest BCUT2D eigenvalue weighted by molar-refractivity contribution is -0.120. The van der Waals surface area contributed by atoms with Gasteiger partial charge < -0.3 is 9.88 Å². The molecule has 2 aromatic carbocycles. The molecule has 1 saturated carbocycles. The quantitative estimate of drug-likeness (QED) is 0.566. The van der Waals surface area contributed by atoms with E-state index in [1.54, 1.807) is 0 Å². The molecule has 1 amide bonds. The van der Waals surface area contributed by atoms with Crippen molar-refractivity contribution >= 4 is 17.7 Å². The minimum atomic E-state index is -0.244. The molecule has 0 unspecified atom stereocenters. The standard InChI is InChI=1S/C23H26N4OS/c1-16-8-10-18(11-9-16)14-24-22(28)17(2)29-23-26-25-21(20-12-13-20)27(23)15-19-6-4-3-5-7-19/h3-11,17,20H,12-15H2,1-2H3,(H,24,28)/t17-/m0/s1. The van der Waals surface area contributed by atoms with Crippen LogP contribution in [0.2, 0.25) is 0 Å². The molecular formula is C23H26N4OS. The summed E-state index contributed by atoms with van der Waals surface area (Å²) in [4.78, 5) is 12.6. The third-order valence-corrected chi connectivity index (χ3v) is 6.19. The molecule has 0 saturated heterocycles. The van der Waals surface area contributed by atoms with Gasteiger partial charge in [-0.25, -0.2) is 0 Å². The van der Waals surface area contributed by atoms with Gasteiger partial charge >= 0.3 is 0 Å². The number of carbonyl (C=O) groups excluding carboxylic acids is 1. The summed E-state index contributed by atoms with van der Waals surface area (Å²) in [6, 6.07) is 18.6. The lowest BCUT2D eigenvalue weighted by Crippen LogP contribution is -2.30. The Kier molecular flexibility index (Phi) is 6.00.